The first kappa shape index (κ1) is 21.1. The van der Waals surface area contributed by atoms with Crippen LogP contribution in [-0.4, -0.2) is 40.5 Å². The van der Waals surface area contributed by atoms with E-state index in [-0.39, 0.29) is 22.8 Å². The van der Waals surface area contributed by atoms with Gasteiger partial charge in [-0.25, -0.2) is 4.98 Å². The van der Waals surface area contributed by atoms with Gasteiger partial charge < -0.3 is 10.1 Å². The standard InChI is InChI=1S/C20H26ClN3O3S/c1-13(18(25)22-15-6-3-4-7-15)28-20-23-17-12-14(21)8-9-16(17)19(26)24(20)10-5-11-27-2/h8-9,12-13,15H,3-7,10-11H2,1-2H3,(H,22,25). The van der Waals surface area contributed by atoms with Crippen LogP contribution in [0.1, 0.15) is 39.0 Å². The smallest absolute Gasteiger partial charge is 0.262 e. The zero-order chi connectivity index (χ0) is 20.1. The molecule has 1 fully saturated rings. The van der Waals surface area contributed by atoms with E-state index in [9.17, 15) is 9.59 Å². The van der Waals surface area contributed by atoms with Crippen molar-refractivity contribution in [2.24, 2.45) is 0 Å². The Morgan fingerprint density at radius 3 is 2.89 bits per heavy atom. The Kier molecular flexibility index (Phi) is 7.37. The summed E-state index contributed by atoms with van der Waals surface area (Å²) in [5, 5.41) is 4.35. The highest BCUT2D eigenvalue weighted by molar-refractivity contribution is 8.00. The van der Waals surface area contributed by atoms with Gasteiger partial charge in [0.25, 0.3) is 5.56 Å². The van der Waals surface area contributed by atoms with Gasteiger partial charge in [-0.3, -0.25) is 14.2 Å². The molecule has 1 aromatic heterocycles. The lowest BCUT2D eigenvalue weighted by Gasteiger charge is -2.18. The van der Waals surface area contributed by atoms with Crippen molar-refractivity contribution in [2.45, 2.75) is 62.0 Å². The van der Waals surface area contributed by atoms with Gasteiger partial charge in [0.15, 0.2) is 5.16 Å². The van der Waals surface area contributed by atoms with E-state index in [1.165, 1.54) is 24.6 Å². The van der Waals surface area contributed by atoms with Crippen molar-refractivity contribution in [3.05, 3.63) is 33.6 Å². The molecule has 1 saturated carbocycles. The molecule has 0 bridgehead atoms. The second kappa shape index (κ2) is 9.76. The Balaban J connectivity index is 1.86. The zero-order valence-electron chi connectivity index (χ0n) is 16.2. The normalized spacial score (nSPS) is 15.8. The van der Waals surface area contributed by atoms with E-state index in [1.807, 2.05) is 6.92 Å². The van der Waals surface area contributed by atoms with E-state index in [4.69, 9.17) is 16.3 Å². The Labute approximate surface area is 174 Å². The molecule has 1 aliphatic rings. The average Bonchev–Trinajstić information content (AvgIpc) is 3.17. The molecule has 0 saturated heterocycles. The summed E-state index contributed by atoms with van der Waals surface area (Å²) in [4.78, 5) is 30.2. The van der Waals surface area contributed by atoms with Gasteiger partial charge in [0, 0.05) is 31.3 Å². The first-order valence-corrected chi connectivity index (χ1v) is 10.9. The molecule has 0 radical (unpaired) electrons. The van der Waals surface area contributed by atoms with Crippen LogP contribution in [0.4, 0.5) is 0 Å². The first-order chi connectivity index (χ1) is 13.5. The summed E-state index contributed by atoms with van der Waals surface area (Å²) in [5.74, 6) is -0.0132. The third-order valence-corrected chi connectivity index (χ3v) is 6.29. The van der Waals surface area contributed by atoms with Crippen molar-refractivity contribution in [2.75, 3.05) is 13.7 Å². The molecule has 1 aliphatic carbocycles. The van der Waals surface area contributed by atoms with E-state index < -0.39 is 0 Å². The summed E-state index contributed by atoms with van der Waals surface area (Å²) in [6, 6.07) is 5.34. The lowest BCUT2D eigenvalue weighted by molar-refractivity contribution is -0.120. The minimum absolute atomic E-state index is 0.0132. The predicted octanol–water partition coefficient (Wildman–Crippen LogP) is 3.63. The van der Waals surface area contributed by atoms with Gasteiger partial charge in [-0.2, -0.15) is 0 Å². The number of aromatic nitrogens is 2. The van der Waals surface area contributed by atoms with Crippen molar-refractivity contribution < 1.29 is 9.53 Å². The fraction of sp³-hybridized carbons (Fsp3) is 0.550. The topological polar surface area (TPSA) is 73.2 Å². The van der Waals surface area contributed by atoms with Crippen molar-refractivity contribution in [1.29, 1.82) is 0 Å². The zero-order valence-corrected chi connectivity index (χ0v) is 17.8. The summed E-state index contributed by atoms with van der Waals surface area (Å²) >= 11 is 7.39. The van der Waals surface area contributed by atoms with Crippen LogP contribution in [0.5, 0.6) is 0 Å². The third-order valence-electron chi connectivity index (χ3n) is 4.97. The van der Waals surface area contributed by atoms with Gasteiger partial charge in [0.05, 0.1) is 16.2 Å². The van der Waals surface area contributed by atoms with E-state index in [2.05, 4.69) is 10.3 Å². The second-order valence-corrected chi connectivity index (χ2v) is 8.85. The number of halogens is 1. The number of carbonyl (C=O) groups excluding carboxylic acids is 1. The molecule has 2 aromatic rings. The lowest BCUT2D eigenvalue weighted by Crippen LogP contribution is -2.38. The molecular weight excluding hydrogens is 398 g/mol. The van der Waals surface area contributed by atoms with E-state index in [1.54, 1.807) is 29.9 Å². The number of hydrogen-bond acceptors (Lipinski definition) is 5. The lowest BCUT2D eigenvalue weighted by atomic mass is 10.2. The summed E-state index contributed by atoms with van der Waals surface area (Å²) in [6.07, 6.45) is 5.10. The van der Waals surface area contributed by atoms with Gasteiger partial charge >= 0.3 is 0 Å². The predicted molar refractivity (Wildman–Crippen MR) is 113 cm³/mol. The molecule has 6 nitrogen and oxygen atoms in total. The van der Waals surface area contributed by atoms with Gasteiger partial charge in [0.2, 0.25) is 5.91 Å². The van der Waals surface area contributed by atoms with Crippen LogP contribution >= 0.6 is 23.4 Å². The van der Waals surface area contributed by atoms with Crippen molar-refractivity contribution in [3.63, 3.8) is 0 Å². The number of amides is 1. The number of nitrogens with zero attached hydrogens (tertiary/aromatic N) is 2. The molecule has 0 spiro atoms. The number of rotatable bonds is 8. The number of methoxy groups -OCH3 is 1. The van der Waals surface area contributed by atoms with Crippen molar-refractivity contribution >= 4 is 40.2 Å². The largest absolute Gasteiger partial charge is 0.385 e. The first-order valence-electron chi connectivity index (χ1n) is 9.65. The highest BCUT2D eigenvalue weighted by Gasteiger charge is 2.23. The minimum Gasteiger partial charge on any atom is -0.385 e. The molecule has 1 atom stereocenters. The Morgan fingerprint density at radius 2 is 2.18 bits per heavy atom. The molecule has 28 heavy (non-hydrogen) atoms. The number of nitrogens with one attached hydrogen (secondary N) is 1. The minimum atomic E-state index is -0.349. The van der Waals surface area contributed by atoms with E-state index in [0.29, 0.717) is 40.7 Å². The van der Waals surface area contributed by atoms with Gasteiger partial charge in [0.1, 0.15) is 0 Å². The summed E-state index contributed by atoms with van der Waals surface area (Å²) in [7, 11) is 1.63. The molecule has 1 aromatic carbocycles. The second-order valence-electron chi connectivity index (χ2n) is 7.11. The average molecular weight is 424 g/mol. The molecule has 3 rings (SSSR count). The van der Waals surface area contributed by atoms with Crippen LogP contribution in [0, 0.1) is 0 Å². The number of carbonyl (C=O) groups is 1. The number of benzene rings is 1. The fourth-order valence-electron chi connectivity index (χ4n) is 3.43. The summed E-state index contributed by atoms with van der Waals surface area (Å²) in [5.41, 5.74) is 0.426. The fourth-order valence-corrected chi connectivity index (χ4v) is 4.54. The van der Waals surface area contributed by atoms with Crippen LogP contribution in [0.3, 0.4) is 0 Å². The highest BCUT2D eigenvalue weighted by atomic mass is 35.5. The van der Waals surface area contributed by atoms with Gasteiger partial charge in [-0.1, -0.05) is 36.2 Å². The maximum atomic E-state index is 13.0. The van der Waals surface area contributed by atoms with Gasteiger partial charge in [-0.15, -0.1) is 0 Å². The van der Waals surface area contributed by atoms with Crippen LogP contribution in [-0.2, 0) is 16.1 Å². The molecule has 1 unspecified atom stereocenters. The monoisotopic (exact) mass is 423 g/mol. The number of ether oxygens (including phenoxy) is 1. The molecule has 8 heteroatoms. The molecular formula is C20H26ClN3O3S. The Morgan fingerprint density at radius 1 is 1.43 bits per heavy atom. The number of hydrogen-bond donors (Lipinski definition) is 1. The van der Waals surface area contributed by atoms with E-state index in [0.717, 1.165) is 12.8 Å². The molecule has 1 N–H and O–H groups in total. The van der Waals surface area contributed by atoms with Gasteiger partial charge in [-0.05, 0) is 44.4 Å². The highest BCUT2D eigenvalue weighted by Crippen LogP contribution is 2.25. The third kappa shape index (κ3) is 5.07. The maximum Gasteiger partial charge on any atom is 0.262 e. The molecule has 1 heterocycles. The van der Waals surface area contributed by atoms with E-state index >= 15 is 0 Å². The van der Waals surface area contributed by atoms with Crippen LogP contribution in [0.15, 0.2) is 28.2 Å². The maximum absolute atomic E-state index is 13.0. The molecule has 0 aliphatic heterocycles. The summed E-state index contributed by atoms with van der Waals surface area (Å²) < 4.78 is 6.75. The number of thioether (sulfide) groups is 1. The molecule has 152 valence electrons. The van der Waals surface area contributed by atoms with Crippen molar-refractivity contribution in [3.8, 4) is 0 Å². The van der Waals surface area contributed by atoms with Crippen LogP contribution in [0.25, 0.3) is 10.9 Å². The van der Waals surface area contributed by atoms with Crippen molar-refractivity contribution in [1.82, 2.24) is 14.9 Å². The van der Waals surface area contributed by atoms with Crippen LogP contribution in [0.2, 0.25) is 5.02 Å². The van der Waals surface area contributed by atoms with Crippen LogP contribution < -0.4 is 10.9 Å². The Bertz CT molecular complexity index is 896. The summed E-state index contributed by atoms with van der Waals surface area (Å²) in [6.45, 7) is 2.88. The number of fused-ring (bicyclic) bond motifs is 1. The quantitative estimate of drug-likeness (QED) is 0.398. The SMILES string of the molecule is COCCCn1c(SC(C)C(=O)NC2CCCC2)nc2cc(Cl)ccc2c1=O. The molecule has 1 amide bonds. The Hall–Kier alpha value is -1.57.